The van der Waals surface area contributed by atoms with Gasteiger partial charge in [-0.3, -0.25) is 58.8 Å². The van der Waals surface area contributed by atoms with E-state index in [9.17, 15) is 0 Å². The predicted molar refractivity (Wildman–Crippen MR) is 271 cm³/mol. The number of hydrogen-bond donors (Lipinski definition) is 0. The molecule has 0 aromatic heterocycles. The first kappa shape index (κ1) is 49.0. The Bertz CT molecular complexity index is 2020. The van der Waals surface area contributed by atoms with Crippen molar-refractivity contribution >= 4 is 0 Å². The van der Waals surface area contributed by atoms with Crippen LogP contribution in [0.25, 0.3) is 0 Å². The highest BCUT2D eigenvalue weighted by Gasteiger charge is 2.30. The quantitative estimate of drug-likeness (QED) is 0.122. The Morgan fingerprint density at radius 2 is 0.435 bits per heavy atom. The molecule has 69 heavy (non-hydrogen) atoms. The second-order valence-corrected chi connectivity index (χ2v) is 20.4. The van der Waals surface area contributed by atoms with Crippen LogP contribution in [0.4, 0.5) is 0 Å². The molecule has 6 fully saturated rings. The van der Waals surface area contributed by atoms with Gasteiger partial charge in [-0.2, -0.15) is 0 Å². The van der Waals surface area contributed by atoms with Gasteiger partial charge in [0.25, 0.3) is 0 Å². The highest BCUT2D eigenvalue weighted by molar-refractivity contribution is 5.51. The maximum atomic E-state index is 3.79. The number of hydrogen-bond acceptors (Lipinski definition) is 12. The van der Waals surface area contributed by atoms with Gasteiger partial charge in [-0.05, 0) is 109 Å². The lowest BCUT2D eigenvalue weighted by atomic mass is 9.87. The van der Waals surface area contributed by atoms with Crippen LogP contribution in [0, 0.1) is 60.8 Å². The number of benzene rings is 4. The second kappa shape index (κ2) is 22.4. The molecule has 6 heterocycles. The monoisotopic (exact) mass is 925 g/mol. The van der Waals surface area contributed by atoms with Crippen molar-refractivity contribution in [2.45, 2.75) is 79.7 Å². The predicted octanol–water partition coefficient (Wildman–Crippen LogP) is 5.79. The van der Waals surface area contributed by atoms with Crippen LogP contribution in [0.3, 0.4) is 0 Å². The van der Waals surface area contributed by atoms with Crippen molar-refractivity contribution in [3.63, 3.8) is 0 Å². The average molecular weight is 925 g/mol. The molecule has 360 valence electrons. The van der Waals surface area contributed by atoms with Gasteiger partial charge >= 0.3 is 0 Å². The maximum absolute atomic E-state index is 3.79. The molecule has 0 N–H and O–H groups in total. The minimum Gasteiger partial charge on any atom is -0.281 e. The summed E-state index contributed by atoms with van der Waals surface area (Å²) in [6.45, 7) is 48.7. The second-order valence-electron chi connectivity index (χ2n) is 20.4. The smallest absolute Gasteiger partial charge is 0.147 e. The van der Waals surface area contributed by atoms with E-state index in [-0.39, 0.29) is 0 Å². The van der Waals surface area contributed by atoms with Crippen molar-refractivity contribution < 1.29 is 0 Å². The summed E-state index contributed by atoms with van der Waals surface area (Å²) in [6, 6.07) is 27.4. The van der Waals surface area contributed by atoms with E-state index in [4.69, 9.17) is 0 Å². The topological polar surface area (TPSA) is 38.9 Å². The van der Waals surface area contributed by atoms with Gasteiger partial charge in [0.15, 0.2) is 0 Å². The summed E-state index contributed by atoms with van der Waals surface area (Å²) in [5.74, 6) is 0. The zero-order chi connectivity index (χ0) is 47.4. The van der Waals surface area contributed by atoms with E-state index in [0.717, 1.165) is 137 Å². The third-order valence-electron chi connectivity index (χ3n) is 14.9. The van der Waals surface area contributed by atoms with E-state index in [1.165, 1.54) is 66.8 Å². The largest absolute Gasteiger partial charge is 0.281 e. The molecule has 6 saturated heterocycles. The maximum Gasteiger partial charge on any atom is 0.147 e. The van der Waals surface area contributed by atoms with Crippen molar-refractivity contribution in [1.29, 1.82) is 0 Å². The van der Waals surface area contributed by atoms with Crippen LogP contribution in [0.2, 0.25) is 0 Å². The molecule has 0 spiro atoms. The fraction of sp³-hybridized carbons (Fsp3) is 0.474. The highest BCUT2D eigenvalue weighted by Crippen LogP contribution is 2.34. The van der Waals surface area contributed by atoms with Crippen LogP contribution in [-0.2, 0) is 58.9 Å². The summed E-state index contributed by atoms with van der Waals surface area (Å²) >= 11 is 0. The Balaban J connectivity index is 0.794. The van der Waals surface area contributed by atoms with E-state index in [0.29, 0.717) is 0 Å². The summed E-state index contributed by atoms with van der Waals surface area (Å²) in [6.07, 6.45) is 0. The third-order valence-corrected chi connectivity index (χ3v) is 14.9. The van der Waals surface area contributed by atoms with E-state index in [1.54, 1.807) is 0 Å². The molecule has 6 aliphatic heterocycles. The molecule has 0 unspecified atom stereocenters. The standard InChI is InChI=1S/C57H72N12/c1-46-55(37-67-28-25-64(43-67)34-52-13-7-49(8-14-52)31-61-22-19-58(4)40-61)47(2)57(39-69-30-27-66(45-69)36-54-17-11-51(12-18-54)33-63-24-21-60(6)42-63)48(3)56(46)38-68-29-26-65(44-68)35-53-15-9-50(10-16-53)32-62-23-20-59(5)41-62/h7-18H,19-39H2,1-6H3. The lowest BCUT2D eigenvalue weighted by molar-refractivity contribution is 0.305. The molecule has 4 aromatic carbocycles. The van der Waals surface area contributed by atoms with Crippen molar-refractivity contribution in [3.8, 4) is 0 Å². The van der Waals surface area contributed by atoms with Crippen LogP contribution < -0.4 is 0 Å². The Morgan fingerprint density at radius 1 is 0.261 bits per heavy atom. The van der Waals surface area contributed by atoms with Gasteiger partial charge < -0.3 is 0 Å². The van der Waals surface area contributed by atoms with Gasteiger partial charge in [0, 0.05) is 137 Å². The normalized spacial score (nSPS) is 22.0. The SMILES string of the molecule is Cc1c(CN2[C]N(Cc3ccc(CN4[C]N(C)CC4)cc3)CC2)c(C)c(CN2[C]N(Cc3ccc(CN4[C]N(C)CC4)cc3)CC2)c(C)c1CN1[C]N(Cc2ccc(CN3[C]N(C)CC3)cc2)CC1. The summed E-state index contributed by atoms with van der Waals surface area (Å²) in [7, 11) is 6.28. The summed E-state index contributed by atoms with van der Waals surface area (Å²) in [5.41, 5.74) is 16.5. The molecular weight excluding hydrogens is 853 g/mol. The molecule has 0 aliphatic carbocycles. The molecule has 4 aromatic rings. The van der Waals surface area contributed by atoms with E-state index >= 15 is 0 Å². The number of rotatable bonds is 18. The molecule has 0 atom stereocenters. The highest BCUT2D eigenvalue weighted by atomic mass is 15.4. The summed E-state index contributed by atoms with van der Waals surface area (Å²) in [4.78, 5) is 27.6. The molecule has 12 heteroatoms. The number of nitrogens with zero attached hydrogens (tertiary/aromatic N) is 12. The van der Waals surface area contributed by atoms with E-state index < -0.39 is 0 Å². The van der Waals surface area contributed by atoms with Crippen molar-refractivity contribution in [2.24, 2.45) is 0 Å². The van der Waals surface area contributed by atoms with Crippen LogP contribution in [0.15, 0.2) is 72.8 Å². The van der Waals surface area contributed by atoms with Crippen molar-refractivity contribution in [3.05, 3.63) is 180 Å². The molecule has 0 amide bonds. The Hall–Kier alpha value is -3.60. The van der Waals surface area contributed by atoms with Crippen LogP contribution in [0.5, 0.6) is 0 Å². The Kier molecular flexibility index (Phi) is 15.9. The minimum atomic E-state index is 0.852. The molecule has 0 bridgehead atoms. The first-order chi connectivity index (χ1) is 33.5. The van der Waals surface area contributed by atoms with E-state index in [1.807, 2.05) is 0 Å². The zero-order valence-corrected chi connectivity index (χ0v) is 42.1. The third kappa shape index (κ3) is 12.7. The summed E-state index contributed by atoms with van der Waals surface area (Å²) in [5, 5.41) is 0. The van der Waals surface area contributed by atoms with Gasteiger partial charge in [0.1, 0.15) is 40.0 Å². The zero-order valence-electron chi connectivity index (χ0n) is 42.1. The molecule has 0 saturated carbocycles. The molecule has 12 radical (unpaired) electrons. The lowest BCUT2D eigenvalue weighted by Crippen LogP contribution is -2.25. The van der Waals surface area contributed by atoms with Gasteiger partial charge in [-0.1, -0.05) is 72.8 Å². The van der Waals surface area contributed by atoms with Gasteiger partial charge in [0.05, 0.1) is 0 Å². The molecule has 6 aliphatic rings. The fourth-order valence-electron chi connectivity index (χ4n) is 10.7. The Morgan fingerprint density at radius 3 is 0.623 bits per heavy atom. The average Bonchev–Trinajstić information content (AvgIpc) is 4.23. The molecular formula is C57H72N12. The lowest BCUT2D eigenvalue weighted by Gasteiger charge is -2.28. The molecule has 10 rings (SSSR count). The van der Waals surface area contributed by atoms with Gasteiger partial charge in [-0.25, -0.2) is 0 Å². The van der Waals surface area contributed by atoms with Crippen LogP contribution in [0.1, 0.15) is 66.8 Å². The van der Waals surface area contributed by atoms with Gasteiger partial charge in [-0.15, -0.1) is 0 Å². The summed E-state index contributed by atoms with van der Waals surface area (Å²) < 4.78 is 0. The first-order valence-corrected chi connectivity index (χ1v) is 25.3. The molecule has 12 nitrogen and oxygen atoms in total. The minimum absolute atomic E-state index is 0.852. The van der Waals surface area contributed by atoms with Crippen molar-refractivity contribution in [1.82, 2.24) is 58.8 Å². The first-order valence-electron chi connectivity index (χ1n) is 25.3. The number of likely N-dealkylation sites (N-methyl/N-ethyl adjacent to an activating group) is 3. The Labute approximate surface area is 416 Å². The van der Waals surface area contributed by atoms with E-state index in [2.05, 4.69) is 214 Å². The van der Waals surface area contributed by atoms with Crippen molar-refractivity contribution in [2.75, 3.05) is 99.7 Å². The fourth-order valence-corrected chi connectivity index (χ4v) is 10.7. The van der Waals surface area contributed by atoms with Gasteiger partial charge in [0.2, 0.25) is 0 Å². The van der Waals surface area contributed by atoms with Crippen LogP contribution in [-0.4, -0.2) is 158 Å². The van der Waals surface area contributed by atoms with Crippen LogP contribution >= 0.6 is 0 Å².